The third-order valence-electron chi connectivity index (χ3n) is 4.24. The average Bonchev–Trinajstić information content (AvgIpc) is 2.65. The largest absolute Gasteiger partial charge is 0.369 e. The molecular formula is C20H23N3O2S. The van der Waals surface area contributed by atoms with E-state index >= 15 is 0 Å². The number of benzene rings is 2. The van der Waals surface area contributed by atoms with E-state index in [1.54, 1.807) is 25.1 Å². The minimum atomic E-state index is -3.37. The minimum Gasteiger partial charge on any atom is -0.369 e. The molecule has 6 heteroatoms. The van der Waals surface area contributed by atoms with Crippen LogP contribution >= 0.6 is 0 Å². The van der Waals surface area contributed by atoms with Crippen LogP contribution in [0.3, 0.4) is 0 Å². The molecule has 1 aromatic heterocycles. The Hall–Kier alpha value is -2.47. The lowest BCUT2D eigenvalue weighted by atomic mass is 10.1. The molecule has 3 aromatic rings. The molecule has 26 heavy (non-hydrogen) atoms. The quantitative estimate of drug-likeness (QED) is 0.704. The van der Waals surface area contributed by atoms with Crippen LogP contribution < -0.4 is 5.32 Å². The fraction of sp³-hybridized carbons (Fsp3) is 0.300. The van der Waals surface area contributed by atoms with Gasteiger partial charge in [-0.15, -0.1) is 0 Å². The summed E-state index contributed by atoms with van der Waals surface area (Å²) in [5, 5.41) is 4.27. The Morgan fingerprint density at radius 1 is 1.04 bits per heavy atom. The highest BCUT2D eigenvalue weighted by Crippen LogP contribution is 2.30. The van der Waals surface area contributed by atoms with Gasteiger partial charge < -0.3 is 5.32 Å². The molecule has 0 radical (unpaired) electrons. The summed E-state index contributed by atoms with van der Waals surface area (Å²) in [7, 11) is -3.37. The molecular weight excluding hydrogens is 346 g/mol. The standard InChI is InChI=1S/C20H23N3O2S/c1-4-12-21-19-15-11-10-14(3)13-17(15)22-20(23-19)16-8-6-7-9-18(16)26(24,25)5-2/h6-11,13H,4-5,12H2,1-3H3,(H,21,22,23). The second kappa shape index (κ2) is 7.41. The van der Waals surface area contributed by atoms with Gasteiger partial charge in [-0.2, -0.15) is 0 Å². The second-order valence-electron chi connectivity index (χ2n) is 6.24. The molecule has 0 aliphatic carbocycles. The number of rotatable bonds is 6. The van der Waals surface area contributed by atoms with Crippen LogP contribution in [0.15, 0.2) is 47.4 Å². The van der Waals surface area contributed by atoms with Gasteiger partial charge >= 0.3 is 0 Å². The van der Waals surface area contributed by atoms with Crippen molar-refractivity contribution in [3.8, 4) is 11.4 Å². The van der Waals surface area contributed by atoms with Gasteiger partial charge in [0.2, 0.25) is 0 Å². The monoisotopic (exact) mass is 369 g/mol. The number of fused-ring (bicyclic) bond motifs is 1. The van der Waals surface area contributed by atoms with Crippen LogP contribution in [-0.2, 0) is 9.84 Å². The van der Waals surface area contributed by atoms with E-state index in [9.17, 15) is 8.42 Å². The van der Waals surface area contributed by atoms with Crippen molar-refractivity contribution >= 4 is 26.6 Å². The maximum Gasteiger partial charge on any atom is 0.178 e. The molecule has 3 rings (SSSR count). The summed E-state index contributed by atoms with van der Waals surface area (Å²) in [6, 6.07) is 13.0. The number of nitrogens with one attached hydrogen (secondary N) is 1. The number of hydrogen-bond acceptors (Lipinski definition) is 5. The first-order valence-corrected chi connectivity index (χ1v) is 10.5. The number of anilines is 1. The summed E-state index contributed by atoms with van der Waals surface area (Å²) in [6.45, 7) is 6.53. The van der Waals surface area contributed by atoms with Gasteiger partial charge in [-0.1, -0.05) is 32.0 Å². The van der Waals surface area contributed by atoms with Gasteiger partial charge in [0.1, 0.15) is 5.82 Å². The van der Waals surface area contributed by atoms with Gasteiger partial charge in [-0.3, -0.25) is 0 Å². The molecule has 0 spiro atoms. The summed E-state index contributed by atoms with van der Waals surface area (Å²) in [5.41, 5.74) is 2.44. The predicted octanol–water partition coefficient (Wildman–Crippen LogP) is 4.22. The third kappa shape index (κ3) is 3.55. The van der Waals surface area contributed by atoms with Crippen LogP contribution in [0.5, 0.6) is 0 Å². The molecule has 0 aliphatic rings. The molecule has 0 bridgehead atoms. The van der Waals surface area contributed by atoms with E-state index in [1.165, 1.54) is 0 Å². The zero-order valence-corrected chi connectivity index (χ0v) is 16.1. The zero-order chi connectivity index (χ0) is 18.7. The fourth-order valence-electron chi connectivity index (χ4n) is 2.82. The Bertz CT molecular complexity index is 1050. The van der Waals surface area contributed by atoms with Crippen LogP contribution in [0.2, 0.25) is 0 Å². The summed E-state index contributed by atoms with van der Waals surface area (Å²) in [6.07, 6.45) is 0.966. The molecule has 0 unspecified atom stereocenters. The van der Waals surface area contributed by atoms with E-state index in [0.29, 0.717) is 11.4 Å². The lowest BCUT2D eigenvalue weighted by Gasteiger charge is -2.13. The number of sulfone groups is 1. The van der Waals surface area contributed by atoms with E-state index in [-0.39, 0.29) is 10.6 Å². The SMILES string of the molecule is CCCNc1nc(-c2ccccc2S(=O)(=O)CC)nc2cc(C)ccc12. The van der Waals surface area contributed by atoms with Crippen molar-refractivity contribution in [1.82, 2.24) is 9.97 Å². The minimum absolute atomic E-state index is 0.0393. The first kappa shape index (κ1) is 18.3. The van der Waals surface area contributed by atoms with E-state index in [4.69, 9.17) is 0 Å². The number of hydrogen-bond donors (Lipinski definition) is 1. The Balaban J connectivity index is 2.26. The Morgan fingerprint density at radius 3 is 2.54 bits per heavy atom. The Labute approximate surface area is 154 Å². The van der Waals surface area contributed by atoms with Crippen molar-refractivity contribution in [1.29, 1.82) is 0 Å². The molecule has 0 saturated heterocycles. The molecule has 1 heterocycles. The van der Waals surface area contributed by atoms with Gasteiger partial charge in [0.05, 0.1) is 16.2 Å². The first-order chi connectivity index (χ1) is 12.5. The molecule has 0 saturated carbocycles. The van der Waals surface area contributed by atoms with Gasteiger partial charge in [0.25, 0.3) is 0 Å². The van der Waals surface area contributed by atoms with Crippen molar-refractivity contribution in [3.63, 3.8) is 0 Å². The van der Waals surface area contributed by atoms with Crippen LogP contribution in [0.25, 0.3) is 22.3 Å². The van der Waals surface area contributed by atoms with Gasteiger partial charge in [-0.25, -0.2) is 18.4 Å². The van der Waals surface area contributed by atoms with Crippen molar-refractivity contribution in [2.24, 2.45) is 0 Å². The number of nitrogens with zero attached hydrogens (tertiary/aromatic N) is 2. The summed E-state index contributed by atoms with van der Waals surface area (Å²) in [4.78, 5) is 9.60. The van der Waals surface area contributed by atoms with Gasteiger partial charge in [-0.05, 0) is 43.2 Å². The van der Waals surface area contributed by atoms with Gasteiger partial charge in [0, 0.05) is 17.5 Å². The van der Waals surface area contributed by atoms with Crippen molar-refractivity contribution < 1.29 is 8.42 Å². The Morgan fingerprint density at radius 2 is 1.81 bits per heavy atom. The number of aromatic nitrogens is 2. The van der Waals surface area contributed by atoms with E-state index in [2.05, 4.69) is 22.2 Å². The molecule has 1 N–H and O–H groups in total. The van der Waals surface area contributed by atoms with Gasteiger partial charge in [0.15, 0.2) is 15.7 Å². The van der Waals surface area contributed by atoms with E-state index in [1.807, 2.05) is 31.2 Å². The van der Waals surface area contributed by atoms with Crippen molar-refractivity contribution in [2.75, 3.05) is 17.6 Å². The average molecular weight is 369 g/mol. The molecule has 0 fully saturated rings. The summed E-state index contributed by atoms with van der Waals surface area (Å²) < 4.78 is 25.0. The molecule has 0 atom stereocenters. The smallest absolute Gasteiger partial charge is 0.178 e. The normalized spacial score (nSPS) is 11.7. The second-order valence-corrected chi connectivity index (χ2v) is 8.49. The van der Waals surface area contributed by atoms with Crippen LogP contribution in [0.1, 0.15) is 25.8 Å². The first-order valence-electron chi connectivity index (χ1n) is 8.80. The van der Waals surface area contributed by atoms with Crippen molar-refractivity contribution in [3.05, 3.63) is 48.0 Å². The van der Waals surface area contributed by atoms with Crippen LogP contribution in [0.4, 0.5) is 5.82 Å². The predicted molar refractivity (Wildman–Crippen MR) is 106 cm³/mol. The topological polar surface area (TPSA) is 72.0 Å². The molecule has 5 nitrogen and oxygen atoms in total. The van der Waals surface area contributed by atoms with Crippen LogP contribution in [-0.4, -0.2) is 30.7 Å². The van der Waals surface area contributed by atoms with E-state index in [0.717, 1.165) is 35.2 Å². The third-order valence-corrected chi connectivity index (χ3v) is 6.02. The lowest BCUT2D eigenvalue weighted by molar-refractivity contribution is 0.597. The molecule has 0 amide bonds. The maximum atomic E-state index is 12.5. The zero-order valence-electron chi connectivity index (χ0n) is 15.3. The maximum absolute atomic E-state index is 12.5. The molecule has 136 valence electrons. The highest BCUT2D eigenvalue weighted by molar-refractivity contribution is 7.91. The highest BCUT2D eigenvalue weighted by Gasteiger charge is 2.20. The fourth-order valence-corrected chi connectivity index (χ4v) is 3.91. The highest BCUT2D eigenvalue weighted by atomic mass is 32.2. The van der Waals surface area contributed by atoms with E-state index < -0.39 is 9.84 Å². The number of aryl methyl sites for hydroxylation is 1. The molecule has 2 aromatic carbocycles. The Kier molecular flexibility index (Phi) is 5.23. The van der Waals surface area contributed by atoms with Crippen molar-refractivity contribution in [2.45, 2.75) is 32.1 Å². The summed E-state index contributed by atoms with van der Waals surface area (Å²) >= 11 is 0. The summed E-state index contributed by atoms with van der Waals surface area (Å²) in [5.74, 6) is 1.20. The lowest BCUT2D eigenvalue weighted by Crippen LogP contribution is -2.08. The molecule has 0 aliphatic heterocycles. The van der Waals surface area contributed by atoms with Crippen LogP contribution in [0, 0.1) is 6.92 Å².